The van der Waals surface area contributed by atoms with Crippen LogP contribution in [0.5, 0.6) is 0 Å². The van der Waals surface area contributed by atoms with Gasteiger partial charge in [0.1, 0.15) is 0 Å². The van der Waals surface area contributed by atoms with E-state index in [0.29, 0.717) is 18.4 Å². The summed E-state index contributed by atoms with van der Waals surface area (Å²) in [6, 6.07) is 8.52. The number of aryl methyl sites for hydroxylation is 1. The third-order valence-corrected chi connectivity index (χ3v) is 3.11. The van der Waals surface area contributed by atoms with Gasteiger partial charge >= 0.3 is 6.18 Å². The van der Waals surface area contributed by atoms with Gasteiger partial charge in [0.25, 0.3) is 0 Å². The van der Waals surface area contributed by atoms with Gasteiger partial charge in [0.05, 0.1) is 5.56 Å². The molecule has 20 heavy (non-hydrogen) atoms. The number of pyridine rings is 1. The molecule has 0 bridgehead atoms. The maximum atomic E-state index is 12.6. The van der Waals surface area contributed by atoms with Crippen LogP contribution in [0.25, 0.3) is 0 Å². The SMILES string of the molecule is NC(CCc1cccnc1)c1cccc(C(F)(F)F)c1. The highest BCUT2D eigenvalue weighted by atomic mass is 19.4. The maximum absolute atomic E-state index is 12.6. The van der Waals surface area contributed by atoms with Crippen molar-refractivity contribution in [3.05, 3.63) is 65.5 Å². The van der Waals surface area contributed by atoms with Gasteiger partial charge in [0.15, 0.2) is 0 Å². The lowest BCUT2D eigenvalue weighted by Gasteiger charge is -2.14. The molecule has 0 saturated carbocycles. The first-order valence-corrected chi connectivity index (χ1v) is 6.28. The molecule has 2 N–H and O–H groups in total. The molecule has 1 aromatic heterocycles. The first-order chi connectivity index (χ1) is 9.47. The Morgan fingerprint density at radius 1 is 1.15 bits per heavy atom. The normalized spacial score (nSPS) is 13.2. The van der Waals surface area contributed by atoms with Crippen LogP contribution in [0.15, 0.2) is 48.8 Å². The number of hydrogen-bond donors (Lipinski definition) is 1. The summed E-state index contributed by atoms with van der Waals surface area (Å²) in [6.07, 6.45) is 0.340. The van der Waals surface area contributed by atoms with Crippen LogP contribution >= 0.6 is 0 Å². The lowest BCUT2D eigenvalue weighted by Crippen LogP contribution is -2.13. The zero-order valence-electron chi connectivity index (χ0n) is 10.8. The molecule has 2 nitrogen and oxygen atoms in total. The molecule has 1 unspecified atom stereocenters. The Morgan fingerprint density at radius 3 is 2.60 bits per heavy atom. The average Bonchev–Trinajstić information content (AvgIpc) is 2.45. The van der Waals surface area contributed by atoms with Gasteiger partial charge in [0.2, 0.25) is 0 Å². The van der Waals surface area contributed by atoms with Crippen LogP contribution in [0.3, 0.4) is 0 Å². The van der Waals surface area contributed by atoms with Crippen LogP contribution in [0.4, 0.5) is 13.2 Å². The first kappa shape index (κ1) is 14.5. The summed E-state index contributed by atoms with van der Waals surface area (Å²) in [5.41, 5.74) is 6.83. The Bertz CT molecular complexity index is 553. The molecule has 0 spiro atoms. The first-order valence-electron chi connectivity index (χ1n) is 6.28. The van der Waals surface area contributed by atoms with Gasteiger partial charge in [0, 0.05) is 18.4 Å². The van der Waals surface area contributed by atoms with Gasteiger partial charge in [-0.25, -0.2) is 0 Å². The fraction of sp³-hybridized carbons (Fsp3) is 0.267. The van der Waals surface area contributed by atoms with Crippen LogP contribution in [0.1, 0.15) is 29.2 Å². The van der Waals surface area contributed by atoms with E-state index in [9.17, 15) is 13.2 Å². The van der Waals surface area contributed by atoms with Gasteiger partial charge in [-0.05, 0) is 42.2 Å². The monoisotopic (exact) mass is 280 g/mol. The molecule has 1 atom stereocenters. The highest BCUT2D eigenvalue weighted by molar-refractivity contribution is 5.28. The molecular formula is C15H15F3N2. The summed E-state index contributed by atoms with van der Waals surface area (Å²) < 4.78 is 37.9. The minimum atomic E-state index is -4.33. The predicted octanol–water partition coefficient (Wildman–Crippen LogP) is 3.73. The number of benzene rings is 1. The molecule has 0 aliphatic rings. The summed E-state index contributed by atoms with van der Waals surface area (Å²) in [7, 11) is 0. The second-order valence-corrected chi connectivity index (χ2v) is 4.63. The van der Waals surface area contributed by atoms with E-state index in [-0.39, 0.29) is 0 Å². The van der Waals surface area contributed by atoms with Crippen molar-refractivity contribution in [1.82, 2.24) is 4.98 Å². The molecule has 0 fully saturated rings. The lowest BCUT2D eigenvalue weighted by molar-refractivity contribution is -0.137. The fourth-order valence-electron chi connectivity index (χ4n) is 1.98. The number of nitrogens with two attached hydrogens (primary N) is 1. The molecule has 1 aromatic carbocycles. The predicted molar refractivity (Wildman–Crippen MR) is 70.9 cm³/mol. The van der Waals surface area contributed by atoms with E-state index in [1.807, 2.05) is 12.1 Å². The molecule has 106 valence electrons. The number of aromatic nitrogens is 1. The van der Waals surface area contributed by atoms with Crippen molar-refractivity contribution in [2.75, 3.05) is 0 Å². The van der Waals surface area contributed by atoms with Gasteiger partial charge < -0.3 is 5.73 Å². The Hall–Kier alpha value is -1.88. The van der Waals surface area contributed by atoms with Crippen molar-refractivity contribution in [1.29, 1.82) is 0 Å². The number of alkyl halides is 3. The highest BCUT2D eigenvalue weighted by Gasteiger charge is 2.30. The quantitative estimate of drug-likeness (QED) is 0.926. The minimum Gasteiger partial charge on any atom is -0.324 e. The number of halogens is 3. The lowest BCUT2D eigenvalue weighted by atomic mass is 9.99. The smallest absolute Gasteiger partial charge is 0.324 e. The molecule has 1 heterocycles. The molecule has 5 heteroatoms. The minimum absolute atomic E-state index is 0.419. The summed E-state index contributed by atoms with van der Waals surface area (Å²) in [6.45, 7) is 0. The van der Waals surface area contributed by atoms with Gasteiger partial charge in [-0.3, -0.25) is 4.98 Å². The van der Waals surface area contributed by atoms with Crippen LogP contribution in [-0.2, 0) is 12.6 Å². The van der Waals surface area contributed by atoms with Crippen molar-refractivity contribution < 1.29 is 13.2 Å². The summed E-state index contributed by atoms with van der Waals surface area (Å²) in [5.74, 6) is 0. The van der Waals surface area contributed by atoms with Gasteiger partial charge in [-0.1, -0.05) is 18.2 Å². The second-order valence-electron chi connectivity index (χ2n) is 4.63. The number of hydrogen-bond acceptors (Lipinski definition) is 2. The van der Waals surface area contributed by atoms with Gasteiger partial charge in [-0.2, -0.15) is 13.2 Å². The summed E-state index contributed by atoms with van der Waals surface area (Å²) >= 11 is 0. The van der Waals surface area contributed by atoms with E-state index in [1.165, 1.54) is 6.07 Å². The zero-order valence-corrected chi connectivity index (χ0v) is 10.8. The standard InChI is InChI=1S/C15H15F3N2/c16-15(17,18)13-5-1-4-12(9-13)14(19)7-6-11-3-2-8-20-10-11/h1-5,8-10,14H,6-7,19H2. The van der Waals surface area contributed by atoms with Crippen molar-refractivity contribution in [2.24, 2.45) is 5.73 Å². The largest absolute Gasteiger partial charge is 0.416 e. The third kappa shape index (κ3) is 3.81. The Balaban J connectivity index is 2.04. The molecule has 0 aliphatic heterocycles. The average molecular weight is 280 g/mol. The number of rotatable bonds is 4. The van der Waals surface area contributed by atoms with Crippen molar-refractivity contribution in [2.45, 2.75) is 25.1 Å². The second kappa shape index (κ2) is 6.05. The highest BCUT2D eigenvalue weighted by Crippen LogP contribution is 2.31. The maximum Gasteiger partial charge on any atom is 0.416 e. The van der Waals surface area contributed by atoms with E-state index in [2.05, 4.69) is 4.98 Å². The summed E-state index contributed by atoms with van der Waals surface area (Å²) in [4.78, 5) is 3.99. The number of nitrogens with zero attached hydrogens (tertiary/aromatic N) is 1. The van der Waals surface area contributed by atoms with Crippen molar-refractivity contribution >= 4 is 0 Å². The summed E-state index contributed by atoms with van der Waals surface area (Å²) in [5, 5.41) is 0. The Kier molecular flexibility index (Phi) is 4.39. The van der Waals surface area contributed by atoms with Crippen LogP contribution in [0, 0.1) is 0 Å². The Labute approximate surface area is 115 Å². The Morgan fingerprint density at radius 2 is 1.95 bits per heavy atom. The van der Waals surface area contributed by atoms with Crippen LogP contribution < -0.4 is 5.73 Å². The molecule has 0 amide bonds. The van der Waals surface area contributed by atoms with E-state index in [4.69, 9.17) is 5.73 Å². The fourth-order valence-corrected chi connectivity index (χ4v) is 1.98. The van der Waals surface area contributed by atoms with Gasteiger partial charge in [-0.15, -0.1) is 0 Å². The zero-order chi connectivity index (χ0) is 14.6. The van der Waals surface area contributed by atoms with Crippen LogP contribution in [0.2, 0.25) is 0 Å². The molecule has 0 radical (unpaired) electrons. The molecule has 2 aromatic rings. The van der Waals surface area contributed by atoms with Crippen molar-refractivity contribution in [3.63, 3.8) is 0 Å². The van der Waals surface area contributed by atoms with E-state index >= 15 is 0 Å². The third-order valence-electron chi connectivity index (χ3n) is 3.11. The molecule has 0 aliphatic carbocycles. The molecule has 0 saturated heterocycles. The van der Waals surface area contributed by atoms with E-state index in [0.717, 1.165) is 17.7 Å². The molecule has 2 rings (SSSR count). The van der Waals surface area contributed by atoms with E-state index < -0.39 is 17.8 Å². The van der Waals surface area contributed by atoms with Crippen molar-refractivity contribution in [3.8, 4) is 0 Å². The van der Waals surface area contributed by atoms with Crippen LogP contribution in [-0.4, -0.2) is 4.98 Å². The molecular weight excluding hydrogens is 265 g/mol. The topological polar surface area (TPSA) is 38.9 Å². The van der Waals surface area contributed by atoms with E-state index in [1.54, 1.807) is 18.5 Å².